The van der Waals surface area contributed by atoms with Gasteiger partial charge in [0.25, 0.3) is 0 Å². The van der Waals surface area contributed by atoms with Crippen molar-refractivity contribution >= 4 is 17.1 Å². The summed E-state index contributed by atoms with van der Waals surface area (Å²) in [4.78, 5) is 8.97. The third kappa shape index (κ3) is 1.96. The zero-order valence-corrected chi connectivity index (χ0v) is 11.1. The Morgan fingerprint density at radius 2 is 2.17 bits per heavy atom. The summed E-state index contributed by atoms with van der Waals surface area (Å²) in [5.74, 6) is 2.17. The fourth-order valence-corrected chi connectivity index (χ4v) is 3.04. The van der Waals surface area contributed by atoms with E-state index in [4.69, 9.17) is 5.73 Å². The molecule has 3 rings (SSSR count). The predicted molar refractivity (Wildman–Crippen MR) is 73.2 cm³/mol. The van der Waals surface area contributed by atoms with Crippen LogP contribution in [0.5, 0.6) is 0 Å². The van der Waals surface area contributed by atoms with E-state index in [1.165, 1.54) is 19.3 Å². The van der Waals surface area contributed by atoms with E-state index in [1.54, 1.807) is 0 Å². The van der Waals surface area contributed by atoms with Gasteiger partial charge in [-0.2, -0.15) is 0 Å². The fourth-order valence-electron chi connectivity index (χ4n) is 3.04. The van der Waals surface area contributed by atoms with Crippen LogP contribution in [0.25, 0.3) is 11.2 Å². The standard InChI is InChI=1S/C14H20N4/c1-9-3-5-11(7-9)8-18-13-12(17-14(18)15)6-4-10(2)16-13/h4,6,9,11H,3,5,7-8H2,1-2H3,(H2,15,17). The first-order valence-corrected chi connectivity index (χ1v) is 6.73. The maximum absolute atomic E-state index is 6.03. The lowest BCUT2D eigenvalue weighted by atomic mass is 10.1. The van der Waals surface area contributed by atoms with E-state index in [2.05, 4.69) is 21.5 Å². The first-order chi connectivity index (χ1) is 8.63. The Kier molecular flexibility index (Phi) is 2.73. The van der Waals surface area contributed by atoms with E-state index in [1.807, 2.05) is 19.1 Å². The molecular formula is C14H20N4. The average Bonchev–Trinajstić information content (AvgIpc) is 2.86. The summed E-state index contributed by atoms with van der Waals surface area (Å²) in [6, 6.07) is 3.98. The molecule has 4 heteroatoms. The number of aryl methyl sites for hydroxylation is 1. The van der Waals surface area contributed by atoms with E-state index in [-0.39, 0.29) is 0 Å². The minimum absolute atomic E-state index is 0.600. The number of rotatable bonds is 2. The summed E-state index contributed by atoms with van der Waals surface area (Å²) in [7, 11) is 0. The zero-order valence-electron chi connectivity index (χ0n) is 11.1. The van der Waals surface area contributed by atoms with Gasteiger partial charge in [0, 0.05) is 12.2 Å². The highest BCUT2D eigenvalue weighted by Crippen LogP contribution is 2.32. The summed E-state index contributed by atoms with van der Waals surface area (Å²) < 4.78 is 2.09. The topological polar surface area (TPSA) is 56.7 Å². The number of pyridine rings is 1. The van der Waals surface area contributed by atoms with Gasteiger partial charge in [-0.05, 0) is 43.7 Å². The van der Waals surface area contributed by atoms with Crippen LogP contribution < -0.4 is 5.73 Å². The zero-order chi connectivity index (χ0) is 12.7. The van der Waals surface area contributed by atoms with E-state index in [0.29, 0.717) is 5.95 Å². The van der Waals surface area contributed by atoms with E-state index >= 15 is 0 Å². The van der Waals surface area contributed by atoms with Crippen LogP contribution in [0, 0.1) is 18.8 Å². The molecule has 0 aliphatic heterocycles. The predicted octanol–water partition coefficient (Wildman–Crippen LogP) is 2.76. The highest BCUT2D eigenvalue weighted by Gasteiger charge is 2.23. The van der Waals surface area contributed by atoms with Gasteiger partial charge in [-0.1, -0.05) is 13.3 Å². The molecule has 18 heavy (non-hydrogen) atoms. The minimum Gasteiger partial charge on any atom is -0.369 e. The summed E-state index contributed by atoms with van der Waals surface area (Å²) in [5, 5.41) is 0. The third-order valence-corrected chi connectivity index (χ3v) is 4.01. The number of hydrogen-bond donors (Lipinski definition) is 1. The molecule has 1 fully saturated rings. The Balaban J connectivity index is 1.95. The molecule has 0 amide bonds. The van der Waals surface area contributed by atoms with Crippen LogP contribution in [0.4, 0.5) is 5.95 Å². The highest BCUT2D eigenvalue weighted by atomic mass is 15.2. The second-order valence-electron chi connectivity index (χ2n) is 5.66. The highest BCUT2D eigenvalue weighted by molar-refractivity contribution is 5.74. The molecule has 2 aromatic heterocycles. The molecule has 0 saturated heterocycles. The first-order valence-electron chi connectivity index (χ1n) is 6.73. The molecule has 0 bridgehead atoms. The second kappa shape index (κ2) is 4.26. The summed E-state index contributed by atoms with van der Waals surface area (Å²) in [6.07, 6.45) is 3.93. The van der Waals surface area contributed by atoms with Crippen molar-refractivity contribution in [2.75, 3.05) is 5.73 Å². The SMILES string of the molecule is Cc1ccc2nc(N)n(CC3CCC(C)C3)c2n1. The van der Waals surface area contributed by atoms with E-state index in [0.717, 1.165) is 35.2 Å². The molecular weight excluding hydrogens is 224 g/mol. The van der Waals surface area contributed by atoms with Gasteiger partial charge >= 0.3 is 0 Å². The van der Waals surface area contributed by atoms with Gasteiger partial charge in [0.05, 0.1) is 0 Å². The van der Waals surface area contributed by atoms with Gasteiger partial charge in [-0.25, -0.2) is 9.97 Å². The van der Waals surface area contributed by atoms with Crippen molar-refractivity contribution in [1.82, 2.24) is 14.5 Å². The van der Waals surface area contributed by atoms with Crippen LogP contribution in [0.15, 0.2) is 12.1 Å². The number of nitrogens with zero attached hydrogens (tertiary/aromatic N) is 3. The number of imidazole rings is 1. The molecule has 1 saturated carbocycles. The number of nitrogens with two attached hydrogens (primary N) is 1. The van der Waals surface area contributed by atoms with Crippen LogP contribution >= 0.6 is 0 Å². The van der Waals surface area contributed by atoms with Gasteiger partial charge in [0.15, 0.2) is 5.65 Å². The smallest absolute Gasteiger partial charge is 0.202 e. The van der Waals surface area contributed by atoms with Crippen molar-refractivity contribution in [2.24, 2.45) is 11.8 Å². The largest absolute Gasteiger partial charge is 0.369 e. The quantitative estimate of drug-likeness (QED) is 0.883. The molecule has 96 valence electrons. The van der Waals surface area contributed by atoms with E-state index < -0.39 is 0 Å². The van der Waals surface area contributed by atoms with Gasteiger partial charge in [0.1, 0.15) is 5.52 Å². The Morgan fingerprint density at radius 3 is 2.89 bits per heavy atom. The van der Waals surface area contributed by atoms with Gasteiger partial charge in [-0.3, -0.25) is 4.57 Å². The van der Waals surface area contributed by atoms with Crippen LogP contribution in [-0.2, 0) is 6.54 Å². The number of aromatic nitrogens is 3. The van der Waals surface area contributed by atoms with E-state index in [9.17, 15) is 0 Å². The Morgan fingerprint density at radius 1 is 1.33 bits per heavy atom. The maximum atomic E-state index is 6.03. The average molecular weight is 244 g/mol. The molecule has 0 radical (unpaired) electrons. The Labute approximate surface area is 107 Å². The fraction of sp³-hybridized carbons (Fsp3) is 0.571. The van der Waals surface area contributed by atoms with Gasteiger partial charge in [-0.15, -0.1) is 0 Å². The molecule has 0 aromatic carbocycles. The van der Waals surface area contributed by atoms with Crippen molar-refractivity contribution < 1.29 is 0 Å². The molecule has 2 N–H and O–H groups in total. The normalized spacial score (nSPS) is 23.9. The molecule has 0 spiro atoms. The first kappa shape index (κ1) is 11.5. The maximum Gasteiger partial charge on any atom is 0.202 e. The van der Waals surface area contributed by atoms with Crippen LogP contribution in [0.2, 0.25) is 0 Å². The second-order valence-corrected chi connectivity index (χ2v) is 5.66. The Hall–Kier alpha value is -1.58. The molecule has 2 aromatic rings. The van der Waals surface area contributed by atoms with Gasteiger partial charge in [0.2, 0.25) is 5.95 Å². The van der Waals surface area contributed by atoms with Crippen molar-refractivity contribution in [3.05, 3.63) is 17.8 Å². The Bertz CT molecular complexity index is 572. The van der Waals surface area contributed by atoms with Gasteiger partial charge < -0.3 is 5.73 Å². The number of fused-ring (bicyclic) bond motifs is 1. The lowest BCUT2D eigenvalue weighted by Crippen LogP contribution is -2.11. The number of anilines is 1. The summed E-state index contributed by atoms with van der Waals surface area (Å²) in [6.45, 7) is 5.30. The lowest BCUT2D eigenvalue weighted by molar-refractivity contribution is 0.449. The lowest BCUT2D eigenvalue weighted by Gasteiger charge is -2.12. The molecule has 4 nitrogen and oxygen atoms in total. The molecule has 2 heterocycles. The molecule has 2 unspecified atom stereocenters. The van der Waals surface area contributed by atoms with Crippen molar-refractivity contribution in [1.29, 1.82) is 0 Å². The number of hydrogen-bond acceptors (Lipinski definition) is 3. The number of nitrogen functional groups attached to an aromatic ring is 1. The summed E-state index contributed by atoms with van der Waals surface area (Å²) >= 11 is 0. The van der Waals surface area contributed by atoms with Crippen molar-refractivity contribution in [3.63, 3.8) is 0 Å². The van der Waals surface area contributed by atoms with Crippen LogP contribution in [0.3, 0.4) is 0 Å². The van der Waals surface area contributed by atoms with Crippen molar-refractivity contribution in [3.8, 4) is 0 Å². The van der Waals surface area contributed by atoms with Crippen LogP contribution in [-0.4, -0.2) is 14.5 Å². The minimum atomic E-state index is 0.600. The molecule has 1 aliphatic carbocycles. The summed E-state index contributed by atoms with van der Waals surface area (Å²) in [5.41, 5.74) is 8.89. The van der Waals surface area contributed by atoms with Crippen LogP contribution in [0.1, 0.15) is 31.9 Å². The molecule has 2 atom stereocenters. The van der Waals surface area contributed by atoms with Crippen molar-refractivity contribution in [2.45, 2.75) is 39.7 Å². The third-order valence-electron chi connectivity index (χ3n) is 4.01. The monoisotopic (exact) mass is 244 g/mol. The molecule has 1 aliphatic rings.